The summed E-state index contributed by atoms with van der Waals surface area (Å²) in [6.45, 7) is 1.19. The Morgan fingerprint density at radius 1 is 1.03 bits per heavy atom. The fraction of sp³-hybridized carbons (Fsp3) is 0.308. The number of hydrogen-bond acceptors (Lipinski definition) is 5. The Bertz CT molecular complexity index is 1300. The monoisotopic (exact) mass is 498 g/mol. The molecule has 1 saturated heterocycles. The maximum atomic E-state index is 13.1. The van der Waals surface area contributed by atoms with E-state index in [0.717, 1.165) is 24.1 Å². The molecule has 1 saturated carbocycles. The Hall–Kier alpha value is -3.95. The predicted molar refractivity (Wildman–Crippen MR) is 122 cm³/mol. The summed E-state index contributed by atoms with van der Waals surface area (Å²) >= 11 is 0. The highest BCUT2D eigenvalue weighted by molar-refractivity contribution is 6.23. The Morgan fingerprint density at radius 2 is 1.69 bits per heavy atom. The summed E-state index contributed by atoms with van der Waals surface area (Å²) in [7, 11) is 0. The van der Waals surface area contributed by atoms with Crippen molar-refractivity contribution in [3.63, 3.8) is 0 Å². The molecule has 2 fully saturated rings. The highest BCUT2D eigenvalue weighted by Gasteiger charge is 2.60. The molecule has 4 atom stereocenters. The van der Waals surface area contributed by atoms with Crippen LogP contribution >= 0.6 is 0 Å². The van der Waals surface area contributed by atoms with Gasteiger partial charge in [-0.25, -0.2) is 4.79 Å². The van der Waals surface area contributed by atoms with Crippen LogP contribution in [0.4, 0.5) is 24.5 Å². The standard InChI is InChI=1S/C26H21F3N2O5/c1-13-10-15-11-17(13)22-21(15)23(33)31(24(22)34)16-8-6-14(7-9-16)25(35)36-12-20(32)30-19-5-3-2-4-18(19)26(27,28)29/h2-10,15,17,21-22H,11-12H2,1H3,(H,30,32)/t15-,17+,21+,22+/m0/s1. The van der Waals surface area contributed by atoms with Gasteiger partial charge < -0.3 is 10.1 Å². The summed E-state index contributed by atoms with van der Waals surface area (Å²) in [4.78, 5) is 51.6. The quantitative estimate of drug-likeness (QED) is 0.379. The van der Waals surface area contributed by atoms with Crippen LogP contribution < -0.4 is 10.2 Å². The van der Waals surface area contributed by atoms with Crippen LogP contribution in [0.5, 0.6) is 0 Å². The molecule has 0 unspecified atom stereocenters. The van der Waals surface area contributed by atoms with Crippen LogP contribution in [-0.2, 0) is 25.3 Å². The number of benzene rings is 2. The molecule has 10 heteroatoms. The number of hydrogen-bond donors (Lipinski definition) is 1. The highest BCUT2D eigenvalue weighted by atomic mass is 19.4. The number of rotatable bonds is 5. The van der Waals surface area contributed by atoms with Gasteiger partial charge >= 0.3 is 12.1 Å². The van der Waals surface area contributed by atoms with Gasteiger partial charge in [0.25, 0.3) is 5.91 Å². The van der Waals surface area contributed by atoms with E-state index in [1.807, 2.05) is 6.92 Å². The van der Waals surface area contributed by atoms with Crippen molar-refractivity contribution in [2.24, 2.45) is 23.7 Å². The molecule has 2 aromatic rings. The minimum Gasteiger partial charge on any atom is -0.452 e. The summed E-state index contributed by atoms with van der Waals surface area (Å²) in [5, 5.41) is 2.09. The molecule has 1 heterocycles. The number of fused-ring (bicyclic) bond motifs is 5. The van der Waals surface area contributed by atoms with Crippen molar-refractivity contribution >= 4 is 35.1 Å². The van der Waals surface area contributed by atoms with Crippen LogP contribution in [0.3, 0.4) is 0 Å². The lowest BCUT2D eigenvalue weighted by Crippen LogP contribution is -2.33. The topological polar surface area (TPSA) is 92.8 Å². The lowest BCUT2D eigenvalue weighted by atomic mass is 9.82. The molecule has 0 radical (unpaired) electrons. The predicted octanol–water partition coefficient (Wildman–Crippen LogP) is 4.20. The molecule has 2 aromatic carbocycles. The summed E-state index contributed by atoms with van der Waals surface area (Å²) in [5.74, 6) is -2.84. The van der Waals surface area contributed by atoms with Gasteiger partial charge in [0.05, 0.1) is 34.3 Å². The number of allylic oxidation sites excluding steroid dienone is 2. The van der Waals surface area contributed by atoms with E-state index in [0.29, 0.717) is 5.69 Å². The average Bonchev–Trinajstić information content (AvgIpc) is 3.47. The summed E-state index contributed by atoms with van der Waals surface area (Å²) in [6, 6.07) is 10.1. The molecule has 1 aliphatic heterocycles. The second-order valence-corrected chi connectivity index (χ2v) is 9.19. The number of para-hydroxylation sites is 1. The minimum absolute atomic E-state index is 0.0547. The Kier molecular flexibility index (Phi) is 5.69. The molecule has 36 heavy (non-hydrogen) atoms. The number of esters is 1. The molecular weight excluding hydrogens is 477 g/mol. The lowest BCUT2D eigenvalue weighted by Gasteiger charge is -2.19. The van der Waals surface area contributed by atoms with Gasteiger partial charge in [-0.2, -0.15) is 13.2 Å². The lowest BCUT2D eigenvalue weighted by molar-refractivity contribution is -0.137. The number of imide groups is 1. The van der Waals surface area contributed by atoms with E-state index >= 15 is 0 Å². The Morgan fingerprint density at radius 3 is 2.39 bits per heavy atom. The largest absolute Gasteiger partial charge is 0.452 e. The molecule has 0 spiro atoms. The van der Waals surface area contributed by atoms with E-state index in [9.17, 15) is 32.3 Å². The molecule has 186 valence electrons. The van der Waals surface area contributed by atoms with Crippen molar-refractivity contribution in [2.45, 2.75) is 19.5 Å². The third kappa shape index (κ3) is 3.96. The molecule has 5 rings (SSSR count). The van der Waals surface area contributed by atoms with Gasteiger partial charge in [-0.15, -0.1) is 0 Å². The zero-order chi connectivity index (χ0) is 25.8. The van der Waals surface area contributed by atoms with E-state index in [1.165, 1.54) is 41.3 Å². The fourth-order valence-electron chi connectivity index (χ4n) is 5.52. The van der Waals surface area contributed by atoms with E-state index in [4.69, 9.17) is 4.74 Å². The van der Waals surface area contributed by atoms with Gasteiger partial charge in [0, 0.05) is 0 Å². The number of carbonyl (C=O) groups is 4. The Labute approximate surface area is 203 Å². The number of carbonyl (C=O) groups excluding carboxylic acids is 4. The van der Waals surface area contributed by atoms with Crippen LogP contribution in [0.15, 0.2) is 60.2 Å². The number of amides is 3. The molecule has 2 aliphatic carbocycles. The number of halogens is 3. The normalized spacial score (nSPS) is 24.6. The van der Waals surface area contributed by atoms with Gasteiger partial charge in [-0.1, -0.05) is 23.8 Å². The van der Waals surface area contributed by atoms with Crippen LogP contribution in [0, 0.1) is 23.7 Å². The van der Waals surface area contributed by atoms with Crippen molar-refractivity contribution in [1.29, 1.82) is 0 Å². The average molecular weight is 498 g/mol. The summed E-state index contributed by atoms with van der Waals surface area (Å²) in [6.07, 6.45) is -1.75. The van der Waals surface area contributed by atoms with Crippen molar-refractivity contribution in [3.05, 3.63) is 71.3 Å². The first kappa shape index (κ1) is 23.8. The highest BCUT2D eigenvalue weighted by Crippen LogP contribution is 2.55. The SMILES string of the molecule is CC1=C[C@H]2C[C@H]1[C@H]1C(=O)N(c3ccc(C(=O)OCC(=O)Nc4ccccc4C(F)(F)F)cc3)C(=O)[C@@H]12. The Balaban J connectivity index is 1.21. The number of anilines is 2. The van der Waals surface area contributed by atoms with Crippen molar-refractivity contribution in [1.82, 2.24) is 0 Å². The summed E-state index contributed by atoms with van der Waals surface area (Å²) < 4.78 is 44.1. The first-order chi connectivity index (χ1) is 17.1. The second kappa shape index (κ2) is 8.61. The van der Waals surface area contributed by atoms with Crippen molar-refractivity contribution in [2.75, 3.05) is 16.8 Å². The maximum Gasteiger partial charge on any atom is 0.418 e. The van der Waals surface area contributed by atoms with E-state index < -0.39 is 35.9 Å². The molecule has 0 aromatic heterocycles. The van der Waals surface area contributed by atoms with Gasteiger partial charge in [0.1, 0.15) is 0 Å². The van der Waals surface area contributed by atoms with Gasteiger partial charge in [-0.3, -0.25) is 19.3 Å². The maximum absolute atomic E-state index is 13.1. The molecule has 7 nitrogen and oxygen atoms in total. The third-order valence-corrected chi connectivity index (χ3v) is 7.08. The zero-order valence-corrected chi connectivity index (χ0v) is 19.0. The number of nitrogens with zero attached hydrogens (tertiary/aromatic N) is 1. The van der Waals surface area contributed by atoms with E-state index in [2.05, 4.69) is 11.4 Å². The molecule has 1 N–H and O–H groups in total. The first-order valence-electron chi connectivity index (χ1n) is 11.4. The van der Waals surface area contributed by atoms with Crippen molar-refractivity contribution in [3.8, 4) is 0 Å². The van der Waals surface area contributed by atoms with Gasteiger partial charge in [0.15, 0.2) is 6.61 Å². The van der Waals surface area contributed by atoms with Crippen LogP contribution in [0.25, 0.3) is 0 Å². The molecule has 3 amide bonds. The minimum atomic E-state index is -4.66. The second-order valence-electron chi connectivity index (χ2n) is 9.19. The number of ether oxygens (including phenoxy) is 1. The molecular formula is C26H21F3N2O5. The molecule has 2 bridgehead atoms. The third-order valence-electron chi connectivity index (χ3n) is 7.08. The van der Waals surface area contributed by atoms with Gasteiger partial charge in [-0.05, 0) is 61.6 Å². The number of nitrogens with one attached hydrogen (secondary N) is 1. The van der Waals surface area contributed by atoms with Gasteiger partial charge in [0.2, 0.25) is 11.8 Å². The smallest absolute Gasteiger partial charge is 0.418 e. The fourth-order valence-corrected chi connectivity index (χ4v) is 5.52. The summed E-state index contributed by atoms with van der Waals surface area (Å²) in [5.41, 5.74) is 0.0789. The number of alkyl halides is 3. The zero-order valence-electron chi connectivity index (χ0n) is 19.0. The van der Waals surface area contributed by atoms with E-state index in [1.54, 1.807) is 0 Å². The van der Waals surface area contributed by atoms with Crippen molar-refractivity contribution < 1.29 is 37.1 Å². The van der Waals surface area contributed by atoms with Crippen LogP contribution in [0.2, 0.25) is 0 Å². The first-order valence-corrected chi connectivity index (χ1v) is 11.4. The van der Waals surface area contributed by atoms with Crippen LogP contribution in [0.1, 0.15) is 29.3 Å². The molecule has 3 aliphatic rings. The van der Waals surface area contributed by atoms with E-state index in [-0.39, 0.29) is 41.0 Å². The van der Waals surface area contributed by atoms with Crippen LogP contribution in [-0.4, -0.2) is 30.3 Å².